The van der Waals surface area contributed by atoms with Crippen molar-refractivity contribution in [2.45, 2.75) is 30.8 Å². The molecule has 0 spiro atoms. The van der Waals surface area contributed by atoms with Crippen LogP contribution >= 0.6 is 15.9 Å². The van der Waals surface area contributed by atoms with E-state index >= 15 is 0 Å². The Hall–Kier alpha value is -0.430. The molecule has 0 heterocycles. The van der Waals surface area contributed by atoms with Gasteiger partial charge in [-0.3, -0.25) is 0 Å². The van der Waals surface area contributed by atoms with E-state index in [9.17, 15) is 13.5 Å². The first-order valence-electron chi connectivity index (χ1n) is 5.84. The van der Waals surface area contributed by atoms with Crippen LogP contribution in [-0.4, -0.2) is 26.2 Å². The molecule has 1 aromatic rings. The Morgan fingerprint density at radius 2 is 2.17 bits per heavy atom. The zero-order valence-electron chi connectivity index (χ0n) is 10.1. The van der Waals surface area contributed by atoms with Gasteiger partial charge in [-0.25, -0.2) is 13.1 Å². The summed E-state index contributed by atoms with van der Waals surface area (Å²) in [5.74, 6) is 0.263. The van der Waals surface area contributed by atoms with E-state index in [1.807, 2.05) is 6.92 Å². The lowest BCUT2D eigenvalue weighted by Crippen LogP contribution is -2.33. The zero-order valence-corrected chi connectivity index (χ0v) is 12.5. The summed E-state index contributed by atoms with van der Waals surface area (Å²) in [7, 11) is -3.53. The van der Waals surface area contributed by atoms with Gasteiger partial charge < -0.3 is 5.11 Å². The van der Waals surface area contributed by atoms with Crippen LogP contribution in [0.25, 0.3) is 0 Å². The van der Waals surface area contributed by atoms with Crippen LogP contribution in [0.1, 0.15) is 18.4 Å². The van der Waals surface area contributed by atoms with Crippen LogP contribution in [0.2, 0.25) is 0 Å². The molecule has 0 saturated heterocycles. The van der Waals surface area contributed by atoms with Crippen LogP contribution in [0, 0.1) is 12.8 Å². The van der Waals surface area contributed by atoms with Crippen molar-refractivity contribution in [3.05, 3.63) is 28.2 Å². The topological polar surface area (TPSA) is 66.4 Å². The number of aryl methyl sites for hydroxylation is 1. The quantitative estimate of drug-likeness (QED) is 0.863. The summed E-state index contributed by atoms with van der Waals surface area (Å²) >= 11 is 3.33. The van der Waals surface area contributed by atoms with Crippen molar-refractivity contribution in [2.24, 2.45) is 5.92 Å². The Kier molecular flexibility index (Phi) is 4.11. The first-order valence-corrected chi connectivity index (χ1v) is 8.11. The highest BCUT2D eigenvalue weighted by molar-refractivity contribution is 9.10. The number of aliphatic hydroxyl groups excluding tert-OH is 1. The maximum absolute atomic E-state index is 12.0. The molecule has 0 bridgehead atoms. The van der Waals surface area contributed by atoms with E-state index in [1.54, 1.807) is 18.2 Å². The summed E-state index contributed by atoms with van der Waals surface area (Å²) in [6.45, 7) is 1.92. The third kappa shape index (κ3) is 3.32. The van der Waals surface area contributed by atoms with Crippen molar-refractivity contribution in [1.82, 2.24) is 4.72 Å². The van der Waals surface area contributed by atoms with E-state index in [-0.39, 0.29) is 17.4 Å². The summed E-state index contributed by atoms with van der Waals surface area (Å²) in [6.07, 6.45) is 1.40. The molecule has 2 rings (SSSR count). The van der Waals surface area contributed by atoms with Crippen LogP contribution in [0.3, 0.4) is 0 Å². The van der Waals surface area contributed by atoms with Gasteiger partial charge >= 0.3 is 0 Å². The highest BCUT2D eigenvalue weighted by Gasteiger charge is 2.30. The molecule has 6 heteroatoms. The fraction of sp³-hybridized carbons (Fsp3) is 0.500. The number of aliphatic hydroxyl groups is 1. The van der Waals surface area contributed by atoms with E-state index in [0.29, 0.717) is 0 Å². The SMILES string of the molecule is Cc1cc(S(=O)(=O)NCC(O)C2CC2)ccc1Br. The van der Waals surface area contributed by atoms with E-state index in [4.69, 9.17) is 0 Å². The van der Waals surface area contributed by atoms with Gasteiger partial charge in [-0.2, -0.15) is 0 Å². The maximum Gasteiger partial charge on any atom is 0.240 e. The van der Waals surface area contributed by atoms with E-state index in [1.165, 1.54) is 0 Å². The molecule has 0 aromatic heterocycles. The highest BCUT2D eigenvalue weighted by Crippen LogP contribution is 2.32. The summed E-state index contributed by atoms with van der Waals surface area (Å²) in [5, 5.41) is 9.66. The predicted molar refractivity (Wildman–Crippen MR) is 72.8 cm³/mol. The minimum atomic E-state index is -3.53. The van der Waals surface area contributed by atoms with Gasteiger partial charge in [-0.15, -0.1) is 0 Å². The van der Waals surface area contributed by atoms with Gasteiger partial charge in [-0.1, -0.05) is 15.9 Å². The van der Waals surface area contributed by atoms with Gasteiger partial charge in [0, 0.05) is 11.0 Å². The molecule has 0 radical (unpaired) electrons. The molecule has 1 saturated carbocycles. The zero-order chi connectivity index (χ0) is 13.3. The third-order valence-electron chi connectivity index (χ3n) is 3.09. The maximum atomic E-state index is 12.0. The average Bonchev–Trinajstić information content (AvgIpc) is 3.13. The number of rotatable bonds is 5. The van der Waals surface area contributed by atoms with Gasteiger partial charge in [0.2, 0.25) is 10.0 Å². The summed E-state index contributed by atoms with van der Waals surface area (Å²) in [6, 6.07) is 4.86. The van der Waals surface area contributed by atoms with E-state index in [2.05, 4.69) is 20.7 Å². The van der Waals surface area contributed by atoms with Crippen molar-refractivity contribution in [3.63, 3.8) is 0 Å². The normalized spacial score (nSPS) is 17.7. The molecule has 1 aliphatic carbocycles. The molecular formula is C12H16BrNO3S. The van der Waals surface area contributed by atoms with Crippen molar-refractivity contribution in [1.29, 1.82) is 0 Å². The molecule has 1 aliphatic rings. The average molecular weight is 334 g/mol. The van der Waals surface area contributed by atoms with E-state index < -0.39 is 16.1 Å². The van der Waals surface area contributed by atoms with Crippen molar-refractivity contribution in [3.8, 4) is 0 Å². The van der Waals surface area contributed by atoms with Gasteiger partial charge in [0.15, 0.2) is 0 Å². The number of benzene rings is 1. The molecule has 1 atom stereocenters. The second kappa shape index (κ2) is 5.28. The molecular weight excluding hydrogens is 318 g/mol. The number of sulfonamides is 1. The fourth-order valence-electron chi connectivity index (χ4n) is 1.71. The molecule has 18 heavy (non-hydrogen) atoms. The number of halogens is 1. The first kappa shape index (κ1) is 14.0. The summed E-state index contributed by atoms with van der Waals surface area (Å²) in [5.41, 5.74) is 0.862. The second-order valence-corrected chi connectivity index (χ2v) is 7.29. The van der Waals surface area contributed by atoms with Gasteiger partial charge in [0.1, 0.15) is 0 Å². The first-order chi connectivity index (χ1) is 8.40. The Labute approximate surface area is 116 Å². The lowest BCUT2D eigenvalue weighted by atomic mass is 10.2. The number of nitrogens with one attached hydrogen (secondary N) is 1. The molecule has 1 fully saturated rings. The Morgan fingerprint density at radius 3 is 2.72 bits per heavy atom. The minimum absolute atomic E-state index is 0.0854. The lowest BCUT2D eigenvalue weighted by molar-refractivity contribution is 0.155. The van der Waals surface area contributed by atoms with Crippen LogP contribution in [-0.2, 0) is 10.0 Å². The van der Waals surface area contributed by atoms with E-state index in [0.717, 1.165) is 22.9 Å². The van der Waals surface area contributed by atoms with Crippen molar-refractivity contribution < 1.29 is 13.5 Å². The fourth-order valence-corrected chi connectivity index (χ4v) is 3.09. The molecule has 2 N–H and O–H groups in total. The minimum Gasteiger partial charge on any atom is -0.391 e. The van der Waals surface area contributed by atoms with Crippen molar-refractivity contribution >= 4 is 26.0 Å². The predicted octanol–water partition coefficient (Wildman–Crippen LogP) is 1.81. The number of hydrogen-bond acceptors (Lipinski definition) is 3. The smallest absolute Gasteiger partial charge is 0.240 e. The van der Waals surface area contributed by atoms with Crippen LogP contribution in [0.5, 0.6) is 0 Å². The molecule has 4 nitrogen and oxygen atoms in total. The third-order valence-corrected chi connectivity index (χ3v) is 5.40. The number of hydrogen-bond donors (Lipinski definition) is 2. The highest BCUT2D eigenvalue weighted by atomic mass is 79.9. The molecule has 1 unspecified atom stereocenters. The lowest BCUT2D eigenvalue weighted by Gasteiger charge is -2.12. The molecule has 0 amide bonds. The van der Waals surface area contributed by atoms with Gasteiger partial charge in [0.25, 0.3) is 0 Å². The van der Waals surface area contributed by atoms with Crippen molar-refractivity contribution in [2.75, 3.05) is 6.54 Å². The van der Waals surface area contributed by atoms with Crippen LogP contribution in [0.15, 0.2) is 27.6 Å². The Morgan fingerprint density at radius 1 is 1.50 bits per heavy atom. The van der Waals surface area contributed by atoms with Crippen LogP contribution < -0.4 is 4.72 Å². The van der Waals surface area contributed by atoms with Crippen LogP contribution in [0.4, 0.5) is 0 Å². The monoisotopic (exact) mass is 333 g/mol. The van der Waals surface area contributed by atoms with Gasteiger partial charge in [-0.05, 0) is 49.4 Å². The Balaban J connectivity index is 2.07. The summed E-state index contributed by atoms with van der Waals surface area (Å²) in [4.78, 5) is 0.228. The summed E-state index contributed by atoms with van der Waals surface area (Å²) < 4.78 is 27.3. The Bertz CT molecular complexity index is 540. The standard InChI is InChI=1S/C12H16BrNO3S/c1-8-6-10(4-5-11(8)13)18(16,17)14-7-12(15)9-2-3-9/h4-6,9,12,14-15H,2-3,7H2,1H3. The second-order valence-electron chi connectivity index (χ2n) is 4.67. The molecule has 100 valence electrons. The largest absolute Gasteiger partial charge is 0.391 e. The van der Waals surface area contributed by atoms with Gasteiger partial charge in [0.05, 0.1) is 11.0 Å². The molecule has 1 aromatic carbocycles. The molecule has 0 aliphatic heterocycles.